The second kappa shape index (κ2) is 6.00. The smallest absolute Gasteiger partial charge is 0.273 e. The minimum atomic E-state index is -0.191. The molecular formula is C14H14BrN3O2. The van der Waals surface area contributed by atoms with Crippen LogP contribution >= 0.6 is 15.9 Å². The van der Waals surface area contributed by atoms with Crippen LogP contribution in [0.2, 0.25) is 0 Å². The summed E-state index contributed by atoms with van der Waals surface area (Å²) in [6.45, 7) is 1.94. The molecule has 0 spiro atoms. The highest BCUT2D eigenvalue weighted by Gasteiger charge is 2.11. The summed E-state index contributed by atoms with van der Waals surface area (Å²) in [5.74, 6) is 0.865. The number of benzene rings is 1. The van der Waals surface area contributed by atoms with Crippen molar-refractivity contribution in [1.82, 2.24) is 15.1 Å². The zero-order chi connectivity index (χ0) is 14.7. The topological polar surface area (TPSA) is 55.3 Å². The highest BCUT2D eigenvalue weighted by atomic mass is 79.9. The van der Waals surface area contributed by atoms with Crippen LogP contribution in [-0.4, -0.2) is 35.1 Å². The number of nitrogens with zero attached hydrogens (tertiary/aromatic N) is 3. The molecule has 0 bridgehead atoms. The number of aryl methyl sites for hydroxylation is 1. The van der Waals surface area contributed by atoms with Gasteiger partial charge in [0.15, 0.2) is 5.69 Å². The van der Waals surface area contributed by atoms with E-state index in [1.165, 1.54) is 4.90 Å². The normalized spacial score (nSPS) is 10.2. The maximum Gasteiger partial charge on any atom is 0.273 e. The lowest BCUT2D eigenvalue weighted by Crippen LogP contribution is -2.23. The third kappa shape index (κ3) is 3.33. The maximum atomic E-state index is 11.7. The van der Waals surface area contributed by atoms with Gasteiger partial charge in [0.1, 0.15) is 5.75 Å². The molecule has 1 amide bonds. The molecule has 0 aliphatic heterocycles. The quantitative estimate of drug-likeness (QED) is 0.865. The summed E-state index contributed by atoms with van der Waals surface area (Å²) in [6.07, 6.45) is 0. The standard InChI is InChI=1S/C14H14BrN3O2/c1-9-8-10(15)4-6-12(9)20-13-7-5-11(16-17-13)14(19)18(2)3/h4-8H,1-3H3. The number of rotatable bonds is 3. The SMILES string of the molecule is Cc1cc(Br)ccc1Oc1ccc(C(=O)N(C)C)nn1. The highest BCUT2D eigenvalue weighted by Crippen LogP contribution is 2.26. The van der Waals surface area contributed by atoms with Gasteiger partial charge in [0.25, 0.3) is 5.91 Å². The molecular weight excluding hydrogens is 322 g/mol. The monoisotopic (exact) mass is 335 g/mol. The van der Waals surface area contributed by atoms with Gasteiger partial charge in [0.05, 0.1) is 0 Å². The molecule has 104 valence electrons. The fourth-order valence-corrected chi connectivity index (χ4v) is 2.03. The van der Waals surface area contributed by atoms with Crippen molar-refractivity contribution in [2.24, 2.45) is 0 Å². The van der Waals surface area contributed by atoms with Crippen molar-refractivity contribution in [3.8, 4) is 11.6 Å². The van der Waals surface area contributed by atoms with E-state index in [9.17, 15) is 4.79 Å². The lowest BCUT2D eigenvalue weighted by Gasteiger charge is -2.10. The molecule has 6 heteroatoms. The van der Waals surface area contributed by atoms with Crippen molar-refractivity contribution in [3.63, 3.8) is 0 Å². The van der Waals surface area contributed by atoms with Crippen molar-refractivity contribution in [1.29, 1.82) is 0 Å². The molecule has 20 heavy (non-hydrogen) atoms. The lowest BCUT2D eigenvalue weighted by molar-refractivity contribution is 0.0820. The Hall–Kier alpha value is -1.95. The van der Waals surface area contributed by atoms with Crippen LogP contribution in [0.4, 0.5) is 0 Å². The first-order chi connectivity index (χ1) is 9.47. The summed E-state index contributed by atoms with van der Waals surface area (Å²) in [5, 5.41) is 7.78. The zero-order valence-electron chi connectivity index (χ0n) is 11.4. The predicted octanol–water partition coefficient (Wildman–Crippen LogP) is 3.04. The number of carbonyl (C=O) groups excluding carboxylic acids is 1. The first-order valence-electron chi connectivity index (χ1n) is 5.97. The minimum absolute atomic E-state index is 0.191. The Labute approximate surface area is 125 Å². The van der Waals surface area contributed by atoms with E-state index in [1.807, 2.05) is 25.1 Å². The van der Waals surface area contributed by atoms with Crippen molar-refractivity contribution in [3.05, 3.63) is 46.1 Å². The van der Waals surface area contributed by atoms with Gasteiger partial charge in [0, 0.05) is 24.6 Å². The average molecular weight is 336 g/mol. The van der Waals surface area contributed by atoms with Crippen LogP contribution < -0.4 is 4.74 Å². The van der Waals surface area contributed by atoms with Crippen LogP contribution in [0.15, 0.2) is 34.8 Å². The molecule has 0 fully saturated rings. The summed E-state index contributed by atoms with van der Waals surface area (Å²) in [5.41, 5.74) is 1.27. The largest absolute Gasteiger partial charge is 0.437 e. The molecule has 1 aromatic heterocycles. The number of amides is 1. The minimum Gasteiger partial charge on any atom is -0.437 e. The molecule has 0 unspecified atom stereocenters. The van der Waals surface area contributed by atoms with Gasteiger partial charge in [0.2, 0.25) is 5.88 Å². The molecule has 0 radical (unpaired) electrons. The fraction of sp³-hybridized carbons (Fsp3) is 0.214. The summed E-state index contributed by atoms with van der Waals surface area (Å²) in [4.78, 5) is 13.1. The molecule has 2 aromatic rings. The highest BCUT2D eigenvalue weighted by molar-refractivity contribution is 9.10. The predicted molar refractivity (Wildman–Crippen MR) is 79.0 cm³/mol. The van der Waals surface area contributed by atoms with Crippen LogP contribution in [0.5, 0.6) is 11.6 Å². The van der Waals surface area contributed by atoms with E-state index >= 15 is 0 Å². The molecule has 0 saturated carbocycles. The first kappa shape index (κ1) is 14.5. The van der Waals surface area contributed by atoms with Gasteiger partial charge in [-0.2, -0.15) is 0 Å². The van der Waals surface area contributed by atoms with E-state index in [0.717, 1.165) is 10.0 Å². The molecule has 0 aliphatic rings. The third-order valence-corrected chi connectivity index (χ3v) is 3.11. The van der Waals surface area contributed by atoms with Crippen LogP contribution in [0.25, 0.3) is 0 Å². The van der Waals surface area contributed by atoms with Gasteiger partial charge in [-0.05, 0) is 36.8 Å². The molecule has 2 rings (SSSR count). The van der Waals surface area contributed by atoms with E-state index in [1.54, 1.807) is 26.2 Å². The number of halogens is 1. The molecule has 0 aliphatic carbocycles. The van der Waals surface area contributed by atoms with Crippen LogP contribution in [0.3, 0.4) is 0 Å². The van der Waals surface area contributed by atoms with E-state index in [4.69, 9.17) is 4.74 Å². The van der Waals surface area contributed by atoms with Gasteiger partial charge < -0.3 is 9.64 Å². The summed E-state index contributed by atoms with van der Waals surface area (Å²) in [6, 6.07) is 8.91. The van der Waals surface area contributed by atoms with E-state index < -0.39 is 0 Å². The van der Waals surface area contributed by atoms with E-state index in [-0.39, 0.29) is 11.6 Å². The molecule has 0 N–H and O–H groups in total. The van der Waals surface area contributed by atoms with Crippen molar-refractivity contribution < 1.29 is 9.53 Å². The van der Waals surface area contributed by atoms with Crippen molar-refractivity contribution in [2.75, 3.05) is 14.1 Å². The summed E-state index contributed by atoms with van der Waals surface area (Å²) >= 11 is 3.40. The third-order valence-electron chi connectivity index (χ3n) is 2.62. The Morgan fingerprint density at radius 3 is 2.50 bits per heavy atom. The molecule has 1 aromatic carbocycles. The maximum absolute atomic E-state index is 11.7. The Morgan fingerprint density at radius 2 is 1.95 bits per heavy atom. The Balaban J connectivity index is 2.17. The molecule has 0 saturated heterocycles. The molecule has 1 heterocycles. The van der Waals surface area contributed by atoms with Crippen molar-refractivity contribution >= 4 is 21.8 Å². The Morgan fingerprint density at radius 1 is 1.20 bits per heavy atom. The zero-order valence-corrected chi connectivity index (χ0v) is 13.0. The summed E-state index contributed by atoms with van der Waals surface area (Å²) < 4.78 is 6.63. The van der Waals surface area contributed by atoms with Crippen LogP contribution in [-0.2, 0) is 0 Å². The number of hydrogen-bond acceptors (Lipinski definition) is 4. The number of hydrogen-bond donors (Lipinski definition) is 0. The Bertz CT molecular complexity index is 627. The van der Waals surface area contributed by atoms with Gasteiger partial charge in [-0.15, -0.1) is 10.2 Å². The lowest BCUT2D eigenvalue weighted by atomic mass is 10.2. The molecule has 0 atom stereocenters. The first-order valence-corrected chi connectivity index (χ1v) is 6.76. The van der Waals surface area contributed by atoms with Gasteiger partial charge >= 0.3 is 0 Å². The fourth-order valence-electron chi connectivity index (χ4n) is 1.56. The van der Waals surface area contributed by atoms with Gasteiger partial charge in [-0.3, -0.25) is 4.79 Å². The summed E-state index contributed by atoms with van der Waals surface area (Å²) in [7, 11) is 3.33. The second-order valence-corrected chi connectivity index (χ2v) is 5.38. The van der Waals surface area contributed by atoms with Crippen molar-refractivity contribution in [2.45, 2.75) is 6.92 Å². The second-order valence-electron chi connectivity index (χ2n) is 4.47. The van der Waals surface area contributed by atoms with E-state index in [0.29, 0.717) is 11.6 Å². The molecule has 5 nitrogen and oxygen atoms in total. The van der Waals surface area contributed by atoms with E-state index in [2.05, 4.69) is 26.1 Å². The number of carbonyl (C=O) groups is 1. The number of ether oxygens (including phenoxy) is 1. The van der Waals surface area contributed by atoms with Gasteiger partial charge in [-0.25, -0.2) is 0 Å². The van der Waals surface area contributed by atoms with Crippen LogP contribution in [0, 0.1) is 6.92 Å². The van der Waals surface area contributed by atoms with Crippen LogP contribution in [0.1, 0.15) is 16.1 Å². The van der Waals surface area contributed by atoms with Gasteiger partial charge in [-0.1, -0.05) is 15.9 Å². The Kier molecular flexibility index (Phi) is 4.34. The number of aromatic nitrogens is 2. The average Bonchev–Trinajstić information content (AvgIpc) is 2.42.